The van der Waals surface area contributed by atoms with Gasteiger partial charge in [-0.3, -0.25) is 4.79 Å². The molecule has 0 bridgehead atoms. The SMILES string of the molecule is CCOC(=O)[C@H](Cc1ccccc1)NC(=O)c1cc(-c2ccc(OC)c(OC)c2)oc1C. The van der Waals surface area contributed by atoms with Gasteiger partial charge in [0.1, 0.15) is 17.6 Å². The molecule has 7 heteroatoms. The lowest BCUT2D eigenvalue weighted by Gasteiger charge is -2.17. The van der Waals surface area contributed by atoms with Crippen LogP contribution in [0.25, 0.3) is 11.3 Å². The van der Waals surface area contributed by atoms with E-state index in [9.17, 15) is 9.59 Å². The maximum Gasteiger partial charge on any atom is 0.328 e. The molecule has 7 nitrogen and oxygen atoms in total. The van der Waals surface area contributed by atoms with Crippen molar-refractivity contribution in [2.75, 3.05) is 20.8 Å². The summed E-state index contributed by atoms with van der Waals surface area (Å²) in [7, 11) is 3.11. The number of esters is 1. The lowest BCUT2D eigenvalue weighted by atomic mass is 10.1. The smallest absolute Gasteiger partial charge is 0.328 e. The number of carbonyl (C=O) groups is 2. The quantitative estimate of drug-likeness (QED) is 0.506. The van der Waals surface area contributed by atoms with Crippen LogP contribution in [0.4, 0.5) is 0 Å². The van der Waals surface area contributed by atoms with Crippen LogP contribution < -0.4 is 14.8 Å². The Morgan fingerprint density at radius 1 is 1.00 bits per heavy atom. The highest BCUT2D eigenvalue weighted by molar-refractivity contribution is 5.98. The van der Waals surface area contributed by atoms with Crippen LogP contribution in [0.2, 0.25) is 0 Å². The molecular formula is C25H27NO6. The lowest BCUT2D eigenvalue weighted by molar-refractivity contribution is -0.145. The standard InChI is InChI=1S/C25H27NO6/c1-5-31-25(28)20(13-17-9-7-6-8-10-17)26-24(27)19-15-22(32-16(19)2)18-11-12-21(29-3)23(14-18)30-4/h6-12,14-15,20H,5,13H2,1-4H3,(H,26,27)/t20-/m0/s1. The second kappa shape index (κ2) is 10.5. The molecule has 2 aromatic carbocycles. The molecule has 0 aliphatic rings. The minimum atomic E-state index is -0.816. The highest BCUT2D eigenvalue weighted by atomic mass is 16.5. The summed E-state index contributed by atoms with van der Waals surface area (Å²) in [6.45, 7) is 3.67. The number of rotatable bonds is 9. The topological polar surface area (TPSA) is 87.0 Å². The number of furan rings is 1. The summed E-state index contributed by atoms with van der Waals surface area (Å²) in [6.07, 6.45) is 0.324. The third-order valence-electron chi connectivity index (χ3n) is 4.99. The average molecular weight is 437 g/mol. The Morgan fingerprint density at radius 2 is 1.72 bits per heavy atom. The summed E-state index contributed by atoms with van der Waals surface area (Å²) < 4.78 is 21.6. The van der Waals surface area contributed by atoms with Crippen LogP contribution in [-0.2, 0) is 16.0 Å². The molecule has 32 heavy (non-hydrogen) atoms. The summed E-state index contributed by atoms with van der Waals surface area (Å²) in [5, 5.41) is 2.79. The minimum absolute atomic E-state index is 0.230. The van der Waals surface area contributed by atoms with E-state index in [-0.39, 0.29) is 6.61 Å². The number of ether oxygens (including phenoxy) is 3. The number of nitrogens with one attached hydrogen (secondary N) is 1. The van der Waals surface area contributed by atoms with Gasteiger partial charge in [-0.2, -0.15) is 0 Å². The number of methoxy groups -OCH3 is 2. The Kier molecular flexibility index (Phi) is 7.54. The molecule has 0 fully saturated rings. The molecule has 0 aliphatic carbocycles. The summed E-state index contributed by atoms with van der Waals surface area (Å²) in [5.74, 6) is 1.20. The molecule has 0 aliphatic heterocycles. The highest BCUT2D eigenvalue weighted by Crippen LogP contribution is 2.34. The predicted octanol–water partition coefficient (Wildman–Crippen LogP) is 4.18. The zero-order chi connectivity index (χ0) is 23.1. The molecule has 3 rings (SSSR count). The number of hydrogen-bond donors (Lipinski definition) is 1. The van der Waals surface area contributed by atoms with Gasteiger partial charge in [-0.15, -0.1) is 0 Å². The Hall–Kier alpha value is -3.74. The first-order valence-corrected chi connectivity index (χ1v) is 10.3. The Balaban J connectivity index is 1.83. The van der Waals surface area contributed by atoms with Crippen molar-refractivity contribution in [3.05, 3.63) is 71.5 Å². The summed E-state index contributed by atoms with van der Waals surface area (Å²) in [4.78, 5) is 25.5. The summed E-state index contributed by atoms with van der Waals surface area (Å²) >= 11 is 0. The number of carbonyl (C=O) groups excluding carboxylic acids is 2. The molecule has 1 atom stereocenters. The molecule has 1 N–H and O–H groups in total. The number of amides is 1. The molecule has 0 radical (unpaired) electrons. The van der Waals surface area contributed by atoms with E-state index in [0.29, 0.717) is 35.0 Å². The first-order chi connectivity index (χ1) is 15.5. The van der Waals surface area contributed by atoms with Crippen molar-refractivity contribution in [2.24, 2.45) is 0 Å². The van der Waals surface area contributed by atoms with E-state index in [1.807, 2.05) is 36.4 Å². The molecule has 0 unspecified atom stereocenters. The van der Waals surface area contributed by atoms with Crippen LogP contribution in [0, 0.1) is 6.92 Å². The van der Waals surface area contributed by atoms with Gasteiger partial charge in [0.15, 0.2) is 11.5 Å². The number of benzene rings is 2. The van der Waals surface area contributed by atoms with Gasteiger partial charge in [0, 0.05) is 12.0 Å². The van der Waals surface area contributed by atoms with Crippen molar-refractivity contribution < 1.29 is 28.2 Å². The van der Waals surface area contributed by atoms with Crippen LogP contribution >= 0.6 is 0 Å². The van der Waals surface area contributed by atoms with Crippen molar-refractivity contribution in [1.82, 2.24) is 5.32 Å². The summed E-state index contributed by atoms with van der Waals surface area (Å²) in [6, 6.07) is 15.7. The molecule has 0 saturated carbocycles. The molecular weight excluding hydrogens is 410 g/mol. The van der Waals surface area contributed by atoms with Crippen LogP contribution in [0.1, 0.15) is 28.6 Å². The zero-order valence-electron chi connectivity index (χ0n) is 18.6. The van der Waals surface area contributed by atoms with E-state index in [2.05, 4.69) is 5.32 Å². The fourth-order valence-corrected chi connectivity index (χ4v) is 3.36. The van der Waals surface area contributed by atoms with Gasteiger partial charge in [0.2, 0.25) is 0 Å². The van der Waals surface area contributed by atoms with Crippen molar-refractivity contribution >= 4 is 11.9 Å². The largest absolute Gasteiger partial charge is 0.493 e. The molecule has 168 valence electrons. The first-order valence-electron chi connectivity index (χ1n) is 10.3. The van der Waals surface area contributed by atoms with Gasteiger partial charge >= 0.3 is 5.97 Å². The van der Waals surface area contributed by atoms with Crippen LogP contribution in [-0.4, -0.2) is 38.7 Å². The molecule has 1 amide bonds. The fourth-order valence-electron chi connectivity index (χ4n) is 3.36. The molecule has 0 spiro atoms. The Morgan fingerprint density at radius 3 is 2.38 bits per heavy atom. The van der Waals surface area contributed by atoms with E-state index >= 15 is 0 Å². The van der Waals surface area contributed by atoms with E-state index < -0.39 is 17.9 Å². The van der Waals surface area contributed by atoms with Gasteiger partial charge in [0.25, 0.3) is 5.91 Å². The van der Waals surface area contributed by atoms with Gasteiger partial charge < -0.3 is 23.9 Å². The van der Waals surface area contributed by atoms with Gasteiger partial charge in [0.05, 0.1) is 26.4 Å². The fraction of sp³-hybridized carbons (Fsp3) is 0.280. The lowest BCUT2D eigenvalue weighted by Crippen LogP contribution is -2.43. The normalized spacial score (nSPS) is 11.5. The second-order valence-corrected chi connectivity index (χ2v) is 7.12. The zero-order valence-corrected chi connectivity index (χ0v) is 18.6. The average Bonchev–Trinajstić information content (AvgIpc) is 3.20. The molecule has 1 heterocycles. The maximum absolute atomic E-state index is 13.0. The Bertz CT molecular complexity index is 1070. The van der Waals surface area contributed by atoms with Crippen molar-refractivity contribution in [2.45, 2.75) is 26.3 Å². The van der Waals surface area contributed by atoms with Crippen molar-refractivity contribution in [3.8, 4) is 22.8 Å². The molecule has 3 aromatic rings. The maximum atomic E-state index is 13.0. The monoisotopic (exact) mass is 437 g/mol. The Labute approximate surface area is 187 Å². The van der Waals surface area contributed by atoms with Gasteiger partial charge in [-0.05, 0) is 43.7 Å². The van der Waals surface area contributed by atoms with Gasteiger partial charge in [-0.1, -0.05) is 30.3 Å². The molecule has 0 saturated heterocycles. The predicted molar refractivity (Wildman–Crippen MR) is 120 cm³/mol. The summed E-state index contributed by atoms with van der Waals surface area (Å²) in [5.41, 5.74) is 1.99. The van der Waals surface area contributed by atoms with Crippen LogP contribution in [0.3, 0.4) is 0 Å². The second-order valence-electron chi connectivity index (χ2n) is 7.12. The number of aryl methyl sites for hydroxylation is 1. The van der Waals surface area contributed by atoms with Crippen LogP contribution in [0.15, 0.2) is 59.0 Å². The first kappa shape index (κ1) is 22.9. The van der Waals surface area contributed by atoms with Crippen molar-refractivity contribution in [3.63, 3.8) is 0 Å². The van der Waals surface area contributed by atoms with Crippen molar-refractivity contribution in [1.29, 1.82) is 0 Å². The van der Waals surface area contributed by atoms with E-state index in [1.54, 1.807) is 46.3 Å². The van der Waals surface area contributed by atoms with Gasteiger partial charge in [-0.25, -0.2) is 4.79 Å². The minimum Gasteiger partial charge on any atom is -0.493 e. The third kappa shape index (κ3) is 5.29. The molecule has 1 aromatic heterocycles. The van der Waals surface area contributed by atoms with E-state index in [4.69, 9.17) is 18.6 Å². The number of hydrogen-bond acceptors (Lipinski definition) is 6. The highest BCUT2D eigenvalue weighted by Gasteiger charge is 2.25. The van der Waals surface area contributed by atoms with E-state index in [1.165, 1.54) is 0 Å². The van der Waals surface area contributed by atoms with Crippen LogP contribution in [0.5, 0.6) is 11.5 Å². The van der Waals surface area contributed by atoms with E-state index in [0.717, 1.165) is 11.1 Å². The third-order valence-corrected chi connectivity index (χ3v) is 4.99.